The van der Waals surface area contributed by atoms with Crippen LogP contribution in [0.15, 0.2) is 108 Å². The molecule has 1 N–H and O–H groups in total. The lowest BCUT2D eigenvalue weighted by atomic mass is 9.94. The van der Waals surface area contributed by atoms with Crippen molar-refractivity contribution in [3.8, 4) is 5.75 Å². The first-order chi connectivity index (χ1) is 23.6. The summed E-state index contributed by atoms with van der Waals surface area (Å²) in [6, 6.07) is 29.9. The van der Waals surface area contributed by atoms with Gasteiger partial charge in [0.2, 0.25) is 11.8 Å². The van der Waals surface area contributed by atoms with E-state index in [1.165, 1.54) is 12.1 Å². The number of aryl methyl sites for hydroxylation is 2. The second-order valence-electron chi connectivity index (χ2n) is 12.8. The summed E-state index contributed by atoms with van der Waals surface area (Å²) in [5, 5.41) is 3.26. The van der Waals surface area contributed by atoms with E-state index >= 15 is 0 Å². The lowest BCUT2D eigenvalue weighted by Gasteiger charge is -2.35. The number of nitrogens with zero attached hydrogens (tertiary/aromatic N) is 2. The minimum atomic E-state index is -4.20. The molecule has 9 heteroatoms. The van der Waals surface area contributed by atoms with Crippen LogP contribution in [0.2, 0.25) is 0 Å². The van der Waals surface area contributed by atoms with Crippen molar-refractivity contribution in [1.29, 1.82) is 0 Å². The number of carbonyl (C=O) groups excluding carboxylic acids is 2. The molecule has 1 aliphatic carbocycles. The van der Waals surface area contributed by atoms with Gasteiger partial charge >= 0.3 is 0 Å². The zero-order valence-corrected chi connectivity index (χ0v) is 29.5. The third-order valence-electron chi connectivity index (χ3n) is 8.98. The Bertz CT molecular complexity index is 1790. The third kappa shape index (κ3) is 9.50. The molecule has 1 fully saturated rings. The van der Waals surface area contributed by atoms with Crippen LogP contribution in [-0.4, -0.2) is 50.4 Å². The Morgan fingerprint density at radius 2 is 1.49 bits per heavy atom. The zero-order valence-electron chi connectivity index (χ0n) is 28.7. The van der Waals surface area contributed by atoms with Crippen LogP contribution in [-0.2, 0) is 32.6 Å². The summed E-state index contributed by atoms with van der Waals surface area (Å²) < 4.78 is 35.4. The molecule has 8 nitrogen and oxygen atoms in total. The van der Waals surface area contributed by atoms with Gasteiger partial charge in [-0.1, -0.05) is 97.1 Å². The Kier molecular flexibility index (Phi) is 12.1. The molecule has 4 aromatic carbocycles. The summed E-state index contributed by atoms with van der Waals surface area (Å²) >= 11 is 0. The molecular weight excluding hydrogens is 635 g/mol. The van der Waals surface area contributed by atoms with Gasteiger partial charge in [-0.25, -0.2) is 8.42 Å². The van der Waals surface area contributed by atoms with E-state index in [9.17, 15) is 18.0 Å². The van der Waals surface area contributed by atoms with E-state index in [0.29, 0.717) is 18.0 Å². The SMILES string of the molecule is CCOc1ccc(S(=O)(=O)N(CC(=O)N(Cc2cccc(C)c2)[C@@H](Cc2ccccc2)C(=O)NC2CCCCC2)c2ccc(C)cc2)cc1. The number of amides is 2. The number of ether oxygens (including phenoxy) is 1. The largest absolute Gasteiger partial charge is 0.494 e. The molecule has 0 spiro atoms. The van der Waals surface area contributed by atoms with Crippen LogP contribution in [0.3, 0.4) is 0 Å². The molecule has 0 aromatic heterocycles. The van der Waals surface area contributed by atoms with Crippen LogP contribution < -0.4 is 14.4 Å². The minimum Gasteiger partial charge on any atom is -0.494 e. The fourth-order valence-electron chi connectivity index (χ4n) is 6.35. The van der Waals surface area contributed by atoms with Gasteiger partial charge in [-0.2, -0.15) is 0 Å². The fourth-order valence-corrected chi connectivity index (χ4v) is 7.76. The smallest absolute Gasteiger partial charge is 0.264 e. The van der Waals surface area contributed by atoms with Gasteiger partial charge in [-0.15, -0.1) is 0 Å². The van der Waals surface area contributed by atoms with Crippen molar-refractivity contribution in [2.45, 2.75) is 82.8 Å². The molecule has 1 saturated carbocycles. The molecule has 1 atom stereocenters. The van der Waals surface area contributed by atoms with Gasteiger partial charge in [0.15, 0.2) is 0 Å². The Morgan fingerprint density at radius 1 is 0.816 bits per heavy atom. The molecular formula is C40H47N3O5S. The summed E-state index contributed by atoms with van der Waals surface area (Å²) in [6.45, 7) is 5.86. The van der Waals surface area contributed by atoms with E-state index in [2.05, 4.69) is 5.32 Å². The first kappa shape index (κ1) is 35.7. The number of anilines is 1. The van der Waals surface area contributed by atoms with E-state index in [4.69, 9.17) is 4.74 Å². The number of hydrogen-bond donors (Lipinski definition) is 1. The topological polar surface area (TPSA) is 96.0 Å². The Balaban J connectivity index is 1.55. The molecule has 0 unspecified atom stereocenters. The maximum absolute atomic E-state index is 14.7. The average molecular weight is 682 g/mol. The van der Waals surface area contributed by atoms with E-state index in [-0.39, 0.29) is 29.8 Å². The molecule has 258 valence electrons. The lowest BCUT2D eigenvalue weighted by Crippen LogP contribution is -2.55. The number of nitrogens with one attached hydrogen (secondary N) is 1. The van der Waals surface area contributed by atoms with Crippen LogP contribution in [0, 0.1) is 13.8 Å². The molecule has 2 amide bonds. The number of benzene rings is 4. The van der Waals surface area contributed by atoms with Gasteiger partial charge in [-0.3, -0.25) is 13.9 Å². The van der Waals surface area contributed by atoms with Crippen molar-refractivity contribution >= 4 is 27.5 Å². The van der Waals surface area contributed by atoms with Crippen molar-refractivity contribution in [2.75, 3.05) is 17.5 Å². The fraction of sp³-hybridized carbons (Fsp3) is 0.350. The van der Waals surface area contributed by atoms with Gasteiger partial charge < -0.3 is 15.0 Å². The zero-order chi connectivity index (χ0) is 34.8. The van der Waals surface area contributed by atoms with E-state index in [0.717, 1.165) is 58.7 Å². The van der Waals surface area contributed by atoms with Crippen LogP contribution >= 0.6 is 0 Å². The van der Waals surface area contributed by atoms with Gasteiger partial charge in [0, 0.05) is 19.0 Å². The lowest BCUT2D eigenvalue weighted by molar-refractivity contribution is -0.140. The Morgan fingerprint density at radius 3 is 2.14 bits per heavy atom. The standard InChI is InChI=1S/C40H47N3O5S/c1-4-48-36-22-24-37(25-23-36)49(46,47)43(35-20-18-30(2)19-21-35)29-39(44)42(28-33-15-11-12-31(3)26-33)38(27-32-13-7-5-8-14-32)40(45)41-34-16-9-6-10-17-34/h5,7-8,11-15,18-26,34,38H,4,6,9-10,16-17,27-29H2,1-3H3,(H,41,45)/t38-/m0/s1. The molecule has 0 radical (unpaired) electrons. The molecule has 0 aliphatic heterocycles. The second-order valence-corrected chi connectivity index (χ2v) is 14.7. The molecule has 0 saturated heterocycles. The average Bonchev–Trinajstić information content (AvgIpc) is 3.10. The number of carbonyl (C=O) groups is 2. The minimum absolute atomic E-state index is 0.0328. The first-order valence-corrected chi connectivity index (χ1v) is 18.6. The van der Waals surface area contributed by atoms with Gasteiger partial charge in [-0.05, 0) is 81.1 Å². The highest BCUT2D eigenvalue weighted by molar-refractivity contribution is 7.92. The maximum atomic E-state index is 14.7. The van der Waals surface area contributed by atoms with Gasteiger partial charge in [0.05, 0.1) is 17.2 Å². The van der Waals surface area contributed by atoms with Crippen molar-refractivity contribution in [2.24, 2.45) is 0 Å². The number of hydrogen-bond acceptors (Lipinski definition) is 5. The highest BCUT2D eigenvalue weighted by Gasteiger charge is 2.35. The predicted molar refractivity (Wildman–Crippen MR) is 194 cm³/mol. The quantitative estimate of drug-likeness (QED) is 0.155. The molecule has 49 heavy (non-hydrogen) atoms. The predicted octanol–water partition coefficient (Wildman–Crippen LogP) is 6.99. The summed E-state index contributed by atoms with van der Waals surface area (Å²) in [6.07, 6.45) is 5.33. The van der Waals surface area contributed by atoms with E-state index in [1.807, 2.05) is 87.5 Å². The maximum Gasteiger partial charge on any atom is 0.264 e. The van der Waals surface area contributed by atoms with Crippen molar-refractivity contribution < 1.29 is 22.7 Å². The molecule has 0 heterocycles. The first-order valence-electron chi connectivity index (χ1n) is 17.2. The van der Waals surface area contributed by atoms with Crippen molar-refractivity contribution in [1.82, 2.24) is 10.2 Å². The highest BCUT2D eigenvalue weighted by Crippen LogP contribution is 2.27. The summed E-state index contributed by atoms with van der Waals surface area (Å²) in [7, 11) is -4.20. The summed E-state index contributed by atoms with van der Waals surface area (Å²) in [5.41, 5.74) is 4.10. The van der Waals surface area contributed by atoms with Gasteiger partial charge in [0.1, 0.15) is 18.3 Å². The number of rotatable bonds is 14. The Labute approximate surface area is 291 Å². The second kappa shape index (κ2) is 16.7. The summed E-state index contributed by atoms with van der Waals surface area (Å²) in [5.74, 6) is -0.152. The van der Waals surface area contributed by atoms with E-state index < -0.39 is 28.5 Å². The molecule has 0 bridgehead atoms. The van der Waals surface area contributed by atoms with Crippen LogP contribution in [0.25, 0.3) is 0 Å². The van der Waals surface area contributed by atoms with Crippen LogP contribution in [0.4, 0.5) is 5.69 Å². The van der Waals surface area contributed by atoms with Gasteiger partial charge in [0.25, 0.3) is 10.0 Å². The van der Waals surface area contributed by atoms with Crippen LogP contribution in [0.1, 0.15) is 61.3 Å². The summed E-state index contributed by atoms with van der Waals surface area (Å²) in [4.78, 5) is 30.6. The van der Waals surface area contributed by atoms with E-state index in [1.54, 1.807) is 29.2 Å². The normalized spacial score (nSPS) is 14.1. The molecule has 5 rings (SSSR count). The van der Waals surface area contributed by atoms with Crippen LogP contribution in [0.5, 0.6) is 5.75 Å². The number of sulfonamides is 1. The molecule has 1 aliphatic rings. The third-order valence-corrected chi connectivity index (χ3v) is 10.8. The van der Waals surface area contributed by atoms with Crippen molar-refractivity contribution in [3.05, 3.63) is 125 Å². The monoisotopic (exact) mass is 681 g/mol. The molecule has 4 aromatic rings. The highest BCUT2D eigenvalue weighted by atomic mass is 32.2. The Hall–Kier alpha value is -4.63. The van der Waals surface area contributed by atoms with Crippen molar-refractivity contribution in [3.63, 3.8) is 0 Å².